The standard InChI is InChI=1S/C24H46O6/c1-10-14-16-19(20(25)27-12-3)29-30-24(17-15-11-2,21(26)28-13-4)23(8,9)18-22(5,6)7/h19H,10-18H2,1-9H3. The van der Waals surface area contributed by atoms with E-state index in [4.69, 9.17) is 19.2 Å². The van der Waals surface area contributed by atoms with Gasteiger partial charge < -0.3 is 9.47 Å². The lowest BCUT2D eigenvalue weighted by Crippen LogP contribution is -2.56. The molecular weight excluding hydrogens is 384 g/mol. The Labute approximate surface area is 184 Å². The first-order chi connectivity index (χ1) is 13.9. The van der Waals surface area contributed by atoms with E-state index in [0.29, 0.717) is 19.3 Å². The van der Waals surface area contributed by atoms with Crippen LogP contribution in [0.25, 0.3) is 0 Å². The summed E-state index contributed by atoms with van der Waals surface area (Å²) in [6, 6.07) is 0. The zero-order valence-corrected chi connectivity index (χ0v) is 20.9. The van der Waals surface area contributed by atoms with Crippen molar-refractivity contribution in [3.8, 4) is 0 Å². The highest BCUT2D eigenvalue weighted by atomic mass is 17.2. The van der Waals surface area contributed by atoms with Crippen LogP contribution in [0, 0.1) is 10.8 Å². The van der Waals surface area contributed by atoms with Crippen LogP contribution in [-0.4, -0.2) is 36.9 Å². The van der Waals surface area contributed by atoms with E-state index in [-0.39, 0.29) is 18.6 Å². The molecule has 0 spiro atoms. The van der Waals surface area contributed by atoms with Gasteiger partial charge in [-0.05, 0) is 38.5 Å². The van der Waals surface area contributed by atoms with Crippen molar-refractivity contribution < 1.29 is 28.8 Å². The summed E-state index contributed by atoms with van der Waals surface area (Å²) < 4.78 is 10.6. The monoisotopic (exact) mass is 430 g/mol. The van der Waals surface area contributed by atoms with Crippen LogP contribution in [-0.2, 0) is 28.8 Å². The van der Waals surface area contributed by atoms with Gasteiger partial charge in [-0.15, -0.1) is 0 Å². The van der Waals surface area contributed by atoms with Crippen molar-refractivity contribution in [1.29, 1.82) is 0 Å². The molecule has 0 aromatic rings. The molecule has 0 amide bonds. The van der Waals surface area contributed by atoms with Gasteiger partial charge in [0.1, 0.15) is 0 Å². The number of carbonyl (C=O) groups is 2. The Bertz CT molecular complexity index is 508. The van der Waals surface area contributed by atoms with Crippen LogP contribution in [0.1, 0.15) is 107 Å². The zero-order valence-electron chi connectivity index (χ0n) is 20.9. The van der Waals surface area contributed by atoms with Crippen molar-refractivity contribution in [2.75, 3.05) is 13.2 Å². The van der Waals surface area contributed by atoms with E-state index in [1.54, 1.807) is 13.8 Å². The molecule has 0 saturated heterocycles. The van der Waals surface area contributed by atoms with Gasteiger partial charge in [0, 0.05) is 5.41 Å². The fourth-order valence-electron chi connectivity index (χ4n) is 4.02. The molecule has 6 heteroatoms. The number of esters is 2. The third-order valence-electron chi connectivity index (χ3n) is 5.23. The Balaban J connectivity index is 6.02. The van der Waals surface area contributed by atoms with Crippen molar-refractivity contribution >= 4 is 11.9 Å². The van der Waals surface area contributed by atoms with Crippen molar-refractivity contribution in [2.24, 2.45) is 10.8 Å². The van der Waals surface area contributed by atoms with Gasteiger partial charge in [0.15, 0.2) is 6.10 Å². The predicted octanol–water partition coefficient (Wildman–Crippen LogP) is 6.01. The minimum atomic E-state index is -1.32. The van der Waals surface area contributed by atoms with Crippen LogP contribution in [0.3, 0.4) is 0 Å². The quantitative estimate of drug-likeness (QED) is 0.180. The van der Waals surface area contributed by atoms with E-state index >= 15 is 0 Å². The van der Waals surface area contributed by atoms with Crippen LogP contribution in [0.4, 0.5) is 0 Å². The molecule has 0 aliphatic carbocycles. The minimum absolute atomic E-state index is 0.0421. The molecule has 0 N–H and O–H groups in total. The SMILES string of the molecule is CCCCC(OOC(CCCC)(C(=O)OCC)C(C)(C)CC(C)(C)C)C(=O)OCC. The molecule has 0 aromatic heterocycles. The van der Waals surface area contributed by atoms with Gasteiger partial charge in [-0.3, -0.25) is 0 Å². The van der Waals surface area contributed by atoms with Gasteiger partial charge in [-0.2, -0.15) is 0 Å². The minimum Gasteiger partial charge on any atom is -0.464 e. The summed E-state index contributed by atoms with van der Waals surface area (Å²) in [5.41, 5.74) is -1.94. The smallest absolute Gasteiger partial charge is 0.342 e. The van der Waals surface area contributed by atoms with E-state index in [1.807, 2.05) is 20.8 Å². The summed E-state index contributed by atoms with van der Waals surface area (Å²) in [6.45, 7) is 18.6. The fourth-order valence-corrected chi connectivity index (χ4v) is 4.02. The third kappa shape index (κ3) is 8.93. The van der Waals surface area contributed by atoms with E-state index < -0.39 is 29.1 Å². The van der Waals surface area contributed by atoms with E-state index in [1.165, 1.54) is 0 Å². The first-order valence-corrected chi connectivity index (χ1v) is 11.6. The normalized spacial score (nSPS) is 15.4. The van der Waals surface area contributed by atoms with Crippen LogP contribution < -0.4 is 0 Å². The van der Waals surface area contributed by atoms with Crippen LogP contribution in [0.2, 0.25) is 0 Å². The highest BCUT2D eigenvalue weighted by Crippen LogP contribution is 2.47. The summed E-state index contributed by atoms with van der Waals surface area (Å²) in [5.74, 6) is -0.904. The lowest BCUT2D eigenvalue weighted by Gasteiger charge is -2.46. The Kier molecular flexibility index (Phi) is 12.8. The fraction of sp³-hybridized carbons (Fsp3) is 0.917. The average Bonchev–Trinajstić information content (AvgIpc) is 2.62. The van der Waals surface area contributed by atoms with Gasteiger partial charge in [-0.25, -0.2) is 19.4 Å². The van der Waals surface area contributed by atoms with Gasteiger partial charge in [0.2, 0.25) is 5.60 Å². The predicted molar refractivity (Wildman–Crippen MR) is 119 cm³/mol. The molecule has 0 aromatic carbocycles. The molecule has 178 valence electrons. The number of ether oxygens (including phenoxy) is 2. The Morgan fingerprint density at radius 2 is 1.40 bits per heavy atom. The molecule has 2 unspecified atom stereocenters. The molecule has 0 fully saturated rings. The summed E-state index contributed by atoms with van der Waals surface area (Å²) in [7, 11) is 0. The molecule has 0 aliphatic rings. The number of hydrogen-bond donors (Lipinski definition) is 0. The highest BCUT2D eigenvalue weighted by Gasteiger charge is 2.56. The number of rotatable bonds is 15. The largest absolute Gasteiger partial charge is 0.464 e. The molecule has 0 bridgehead atoms. The molecule has 0 aliphatic heterocycles. The van der Waals surface area contributed by atoms with Crippen LogP contribution in [0.5, 0.6) is 0 Å². The van der Waals surface area contributed by atoms with Crippen molar-refractivity contribution in [2.45, 2.75) is 119 Å². The number of hydrogen-bond acceptors (Lipinski definition) is 6. The molecule has 6 nitrogen and oxygen atoms in total. The summed E-state index contributed by atoms with van der Waals surface area (Å²) in [4.78, 5) is 37.4. The van der Waals surface area contributed by atoms with Gasteiger partial charge in [0.05, 0.1) is 13.2 Å². The van der Waals surface area contributed by atoms with Crippen molar-refractivity contribution in [3.05, 3.63) is 0 Å². The van der Waals surface area contributed by atoms with Gasteiger partial charge in [-0.1, -0.05) is 74.1 Å². The van der Waals surface area contributed by atoms with Crippen LogP contribution in [0.15, 0.2) is 0 Å². The summed E-state index contributed by atoms with van der Waals surface area (Å²) in [6.07, 6.45) is 4.14. The molecule has 30 heavy (non-hydrogen) atoms. The van der Waals surface area contributed by atoms with Gasteiger partial charge in [0.25, 0.3) is 0 Å². The molecular formula is C24H46O6. The Morgan fingerprint density at radius 3 is 1.87 bits per heavy atom. The highest BCUT2D eigenvalue weighted by molar-refractivity contribution is 5.81. The molecule has 2 atom stereocenters. The number of carbonyl (C=O) groups excluding carboxylic acids is 2. The average molecular weight is 431 g/mol. The maximum Gasteiger partial charge on any atom is 0.342 e. The Hall–Kier alpha value is -1.14. The van der Waals surface area contributed by atoms with E-state index in [2.05, 4.69) is 27.7 Å². The zero-order chi connectivity index (χ0) is 23.4. The second-order valence-corrected chi connectivity index (χ2v) is 9.83. The summed E-state index contributed by atoms with van der Waals surface area (Å²) in [5, 5.41) is 0. The topological polar surface area (TPSA) is 71.1 Å². The van der Waals surface area contributed by atoms with Crippen molar-refractivity contribution in [1.82, 2.24) is 0 Å². The molecule has 0 rings (SSSR count). The molecule has 0 saturated carbocycles. The van der Waals surface area contributed by atoms with Gasteiger partial charge >= 0.3 is 11.9 Å². The third-order valence-corrected chi connectivity index (χ3v) is 5.23. The maximum absolute atomic E-state index is 13.3. The second kappa shape index (κ2) is 13.3. The Morgan fingerprint density at radius 1 is 0.833 bits per heavy atom. The lowest BCUT2D eigenvalue weighted by molar-refractivity contribution is -0.395. The first-order valence-electron chi connectivity index (χ1n) is 11.6. The van der Waals surface area contributed by atoms with Crippen LogP contribution >= 0.6 is 0 Å². The summed E-state index contributed by atoms with van der Waals surface area (Å²) >= 11 is 0. The van der Waals surface area contributed by atoms with Crippen molar-refractivity contribution in [3.63, 3.8) is 0 Å². The number of unbranched alkanes of at least 4 members (excludes halogenated alkanes) is 2. The van der Waals surface area contributed by atoms with E-state index in [0.717, 1.165) is 25.7 Å². The maximum atomic E-state index is 13.3. The first kappa shape index (κ1) is 28.9. The molecule has 0 heterocycles. The second-order valence-electron chi connectivity index (χ2n) is 9.83. The van der Waals surface area contributed by atoms with E-state index in [9.17, 15) is 9.59 Å². The lowest BCUT2D eigenvalue weighted by atomic mass is 9.64. The molecule has 0 radical (unpaired) electrons.